The molecular weight excluding hydrogens is 504 g/mol. The van der Waals surface area contributed by atoms with Crippen LogP contribution in [0.1, 0.15) is 36.0 Å². The fourth-order valence-electron chi connectivity index (χ4n) is 4.62. The van der Waals surface area contributed by atoms with Crippen molar-refractivity contribution in [1.29, 1.82) is 0 Å². The van der Waals surface area contributed by atoms with Crippen molar-refractivity contribution in [3.05, 3.63) is 100 Å². The van der Waals surface area contributed by atoms with E-state index in [0.29, 0.717) is 33.0 Å². The molecule has 38 heavy (non-hydrogen) atoms. The molecule has 1 aliphatic rings. The number of aliphatic hydroxyl groups excluding tert-OH is 1. The fourth-order valence-corrected chi connectivity index (χ4v) is 4.80. The van der Waals surface area contributed by atoms with Crippen molar-refractivity contribution in [2.75, 3.05) is 23.9 Å². The number of fused-ring (bicyclic) bond motifs is 1. The summed E-state index contributed by atoms with van der Waals surface area (Å²) in [5, 5.41) is 12.2. The Morgan fingerprint density at radius 1 is 1.05 bits per heavy atom. The van der Waals surface area contributed by atoms with E-state index < -0.39 is 23.5 Å². The molecule has 1 atom stereocenters. The standard InChI is InChI=1S/C30H27ClN2O5/c1-17(2)37-23-7-5-6-18(15-23)27-26(28(34)25-16-19-14-20(31)8-13-24(19)38-25)29(35)30(36)33(27)22-11-9-21(10-12-22)32(3)4/h5-17,27,35H,1-4H3. The van der Waals surface area contributed by atoms with E-state index in [1.54, 1.807) is 54.6 Å². The monoisotopic (exact) mass is 530 g/mol. The molecule has 5 rings (SSSR count). The molecule has 1 amide bonds. The second kappa shape index (κ2) is 9.91. The summed E-state index contributed by atoms with van der Waals surface area (Å²) in [5.74, 6) is -1.29. The van der Waals surface area contributed by atoms with Crippen LogP contribution in [0, 0.1) is 0 Å². The Morgan fingerprint density at radius 3 is 2.47 bits per heavy atom. The topological polar surface area (TPSA) is 83.2 Å². The van der Waals surface area contributed by atoms with Gasteiger partial charge in [-0.3, -0.25) is 14.5 Å². The predicted octanol–water partition coefficient (Wildman–Crippen LogP) is 6.72. The number of carbonyl (C=O) groups excluding carboxylic acids is 2. The number of anilines is 2. The van der Waals surface area contributed by atoms with Crippen molar-refractivity contribution in [2.24, 2.45) is 0 Å². The maximum atomic E-state index is 13.9. The molecule has 0 aliphatic carbocycles. The lowest BCUT2D eigenvalue weighted by molar-refractivity contribution is -0.117. The van der Waals surface area contributed by atoms with Crippen molar-refractivity contribution in [2.45, 2.75) is 26.0 Å². The number of Topliss-reactive ketones (excluding diaryl/α,β-unsaturated/α-hetero) is 1. The van der Waals surface area contributed by atoms with Gasteiger partial charge < -0.3 is 19.2 Å². The average molecular weight is 531 g/mol. The fraction of sp³-hybridized carbons (Fsp3) is 0.200. The van der Waals surface area contributed by atoms with Crippen LogP contribution in [0.3, 0.4) is 0 Å². The summed E-state index contributed by atoms with van der Waals surface area (Å²) in [6, 6.07) is 20.2. The number of carbonyl (C=O) groups is 2. The first-order valence-corrected chi connectivity index (χ1v) is 12.6. The van der Waals surface area contributed by atoms with Crippen molar-refractivity contribution in [3.8, 4) is 5.75 Å². The van der Waals surface area contributed by atoms with Gasteiger partial charge in [-0.05, 0) is 80.1 Å². The second-order valence-electron chi connectivity index (χ2n) is 9.61. The molecule has 0 bridgehead atoms. The van der Waals surface area contributed by atoms with Gasteiger partial charge in [-0.15, -0.1) is 0 Å². The minimum absolute atomic E-state index is 0.000933. The van der Waals surface area contributed by atoms with E-state index in [2.05, 4.69) is 0 Å². The van der Waals surface area contributed by atoms with Gasteiger partial charge in [0.2, 0.25) is 5.78 Å². The number of aliphatic hydroxyl groups is 1. The third-order valence-electron chi connectivity index (χ3n) is 6.34. The summed E-state index contributed by atoms with van der Waals surface area (Å²) in [5.41, 5.74) is 2.49. The Morgan fingerprint density at radius 2 is 1.79 bits per heavy atom. The molecule has 1 aromatic heterocycles. The first-order valence-electron chi connectivity index (χ1n) is 12.2. The van der Waals surface area contributed by atoms with Crippen molar-refractivity contribution in [3.63, 3.8) is 0 Å². The van der Waals surface area contributed by atoms with E-state index in [-0.39, 0.29) is 17.4 Å². The molecule has 2 heterocycles. The summed E-state index contributed by atoms with van der Waals surface area (Å²) >= 11 is 6.11. The van der Waals surface area contributed by atoms with Crippen LogP contribution >= 0.6 is 11.6 Å². The number of rotatable bonds is 7. The molecule has 0 radical (unpaired) electrons. The molecule has 0 fully saturated rings. The quantitative estimate of drug-likeness (QED) is 0.267. The summed E-state index contributed by atoms with van der Waals surface area (Å²) < 4.78 is 11.7. The van der Waals surface area contributed by atoms with E-state index in [1.807, 2.05) is 51.0 Å². The van der Waals surface area contributed by atoms with E-state index in [9.17, 15) is 14.7 Å². The highest BCUT2D eigenvalue weighted by Crippen LogP contribution is 2.43. The highest BCUT2D eigenvalue weighted by Gasteiger charge is 2.45. The Hall–Kier alpha value is -4.23. The van der Waals surface area contributed by atoms with Crippen LogP contribution in [0.15, 0.2) is 88.5 Å². The molecule has 194 valence electrons. The van der Waals surface area contributed by atoms with Gasteiger partial charge in [-0.25, -0.2) is 0 Å². The van der Waals surface area contributed by atoms with Crippen molar-refractivity contribution < 1.29 is 23.8 Å². The van der Waals surface area contributed by atoms with Gasteiger partial charge in [-0.2, -0.15) is 0 Å². The minimum atomic E-state index is -0.910. The zero-order valence-electron chi connectivity index (χ0n) is 21.4. The molecule has 4 aromatic rings. The average Bonchev–Trinajstić information content (AvgIpc) is 3.42. The molecule has 1 unspecified atom stereocenters. The molecule has 3 aromatic carbocycles. The number of ketones is 1. The van der Waals surface area contributed by atoms with E-state index >= 15 is 0 Å². The molecule has 0 saturated carbocycles. The first-order chi connectivity index (χ1) is 18.1. The van der Waals surface area contributed by atoms with Gasteiger partial charge in [-0.1, -0.05) is 23.7 Å². The lowest BCUT2D eigenvalue weighted by Crippen LogP contribution is -2.31. The van der Waals surface area contributed by atoms with Crippen LogP contribution in [-0.2, 0) is 4.79 Å². The minimum Gasteiger partial charge on any atom is -0.503 e. The van der Waals surface area contributed by atoms with Gasteiger partial charge in [0.15, 0.2) is 11.5 Å². The molecule has 0 spiro atoms. The number of furan rings is 1. The van der Waals surface area contributed by atoms with Gasteiger partial charge in [0.05, 0.1) is 17.7 Å². The Kier molecular flexibility index (Phi) is 6.63. The number of amides is 1. The summed E-state index contributed by atoms with van der Waals surface area (Å²) in [7, 11) is 3.84. The first kappa shape index (κ1) is 25.4. The second-order valence-corrected chi connectivity index (χ2v) is 10.0. The number of ether oxygens (including phenoxy) is 1. The van der Waals surface area contributed by atoms with Gasteiger partial charge in [0.1, 0.15) is 11.3 Å². The predicted molar refractivity (Wildman–Crippen MR) is 148 cm³/mol. The van der Waals surface area contributed by atoms with Crippen molar-refractivity contribution in [1.82, 2.24) is 0 Å². The number of nitrogens with zero attached hydrogens (tertiary/aromatic N) is 2. The normalized spacial score (nSPS) is 15.6. The van der Waals surface area contributed by atoms with Crippen molar-refractivity contribution >= 4 is 45.6 Å². The van der Waals surface area contributed by atoms with E-state index in [0.717, 1.165) is 5.69 Å². The summed E-state index contributed by atoms with van der Waals surface area (Å²) in [6.45, 7) is 3.83. The highest BCUT2D eigenvalue weighted by molar-refractivity contribution is 6.31. The third-order valence-corrected chi connectivity index (χ3v) is 6.58. The molecule has 1 aliphatic heterocycles. The maximum Gasteiger partial charge on any atom is 0.294 e. The van der Waals surface area contributed by atoms with Crippen LogP contribution < -0.4 is 14.5 Å². The van der Waals surface area contributed by atoms with Gasteiger partial charge in [0, 0.05) is 35.9 Å². The molecular formula is C30H27ClN2O5. The van der Waals surface area contributed by atoms with Crippen LogP contribution in [0.2, 0.25) is 5.02 Å². The van der Waals surface area contributed by atoms with Crippen LogP contribution in [0.4, 0.5) is 11.4 Å². The molecule has 0 saturated heterocycles. The Bertz CT molecular complexity index is 1570. The van der Waals surface area contributed by atoms with Gasteiger partial charge >= 0.3 is 0 Å². The van der Waals surface area contributed by atoms with Crippen LogP contribution in [0.25, 0.3) is 11.0 Å². The van der Waals surface area contributed by atoms with Gasteiger partial charge in [0.25, 0.3) is 5.91 Å². The Balaban J connectivity index is 1.64. The smallest absolute Gasteiger partial charge is 0.294 e. The Labute approximate surface area is 225 Å². The number of halogens is 1. The zero-order chi connectivity index (χ0) is 27.1. The maximum absolute atomic E-state index is 13.9. The zero-order valence-corrected chi connectivity index (χ0v) is 22.2. The lowest BCUT2D eigenvalue weighted by atomic mass is 9.94. The SMILES string of the molecule is CC(C)Oc1cccc(C2C(C(=O)c3cc4cc(Cl)ccc4o3)=C(O)C(=O)N2c2ccc(N(C)C)cc2)c1. The molecule has 1 N–H and O–H groups in total. The van der Waals surface area contributed by atoms with Crippen LogP contribution in [-0.4, -0.2) is 37.0 Å². The largest absolute Gasteiger partial charge is 0.503 e. The highest BCUT2D eigenvalue weighted by atomic mass is 35.5. The lowest BCUT2D eigenvalue weighted by Gasteiger charge is -2.27. The van der Waals surface area contributed by atoms with E-state index in [4.69, 9.17) is 20.8 Å². The summed E-state index contributed by atoms with van der Waals surface area (Å²) in [6.07, 6.45) is -0.0717. The third kappa shape index (κ3) is 4.61. The van der Waals surface area contributed by atoms with Crippen LogP contribution in [0.5, 0.6) is 5.75 Å². The summed E-state index contributed by atoms with van der Waals surface area (Å²) in [4.78, 5) is 30.7. The number of hydrogen-bond acceptors (Lipinski definition) is 6. The van der Waals surface area contributed by atoms with E-state index in [1.165, 1.54) is 4.90 Å². The molecule has 7 nitrogen and oxygen atoms in total. The number of benzene rings is 3. The molecule has 8 heteroatoms. The number of hydrogen-bond donors (Lipinski definition) is 1.